The molecule has 0 aliphatic rings. The Labute approximate surface area is 175 Å². The Morgan fingerprint density at radius 3 is 1.45 bits per heavy atom. The van der Waals surface area contributed by atoms with E-state index in [2.05, 4.69) is 16.0 Å². The molecule has 15 nitrogen and oxygen atoms in total. The molecule has 0 aliphatic heterocycles. The van der Waals surface area contributed by atoms with Crippen LogP contribution in [0.4, 0.5) is 0 Å². The van der Waals surface area contributed by atoms with Crippen molar-refractivity contribution in [3.63, 3.8) is 0 Å². The van der Waals surface area contributed by atoms with Crippen LogP contribution in [0.15, 0.2) is 0 Å². The molecule has 31 heavy (non-hydrogen) atoms. The summed E-state index contributed by atoms with van der Waals surface area (Å²) in [6.45, 7) is -1.88. The lowest BCUT2D eigenvalue weighted by molar-refractivity contribution is -0.140. The number of nitrogens with one attached hydrogen (secondary N) is 4. The average Bonchev–Trinajstić information content (AvgIpc) is 2.69. The van der Waals surface area contributed by atoms with E-state index in [0.717, 1.165) is 0 Å². The second-order valence-electron chi connectivity index (χ2n) is 6.14. The maximum atomic E-state index is 12.2. The molecule has 174 valence electrons. The van der Waals surface area contributed by atoms with Crippen LogP contribution >= 0.6 is 0 Å². The van der Waals surface area contributed by atoms with Crippen molar-refractivity contribution >= 4 is 41.5 Å². The van der Waals surface area contributed by atoms with E-state index in [4.69, 9.17) is 21.1 Å². The predicted molar refractivity (Wildman–Crippen MR) is 100 cm³/mol. The van der Waals surface area contributed by atoms with E-state index in [1.165, 1.54) is 0 Å². The van der Waals surface area contributed by atoms with Crippen LogP contribution in [0, 0.1) is 0 Å². The Morgan fingerprint density at radius 2 is 1.06 bits per heavy atom. The van der Waals surface area contributed by atoms with Gasteiger partial charge in [0.1, 0.15) is 18.6 Å². The molecule has 0 aromatic rings. The zero-order chi connectivity index (χ0) is 24.0. The Bertz CT molecular complexity index is 711. The molecule has 0 aromatic carbocycles. The molecule has 0 unspecified atom stereocenters. The summed E-state index contributed by atoms with van der Waals surface area (Å²) in [5.74, 6) is -7.26. The minimum Gasteiger partial charge on any atom is -0.481 e. The second kappa shape index (κ2) is 14.3. The first-order chi connectivity index (χ1) is 14.5. The van der Waals surface area contributed by atoms with Gasteiger partial charge in [0, 0.05) is 12.8 Å². The summed E-state index contributed by atoms with van der Waals surface area (Å²) >= 11 is 0. The van der Waals surface area contributed by atoms with Gasteiger partial charge in [-0.25, -0.2) is 0 Å². The van der Waals surface area contributed by atoms with Crippen LogP contribution in [-0.2, 0) is 33.6 Å². The molecular formula is C16H25N5O10. The number of carboxylic acid groups (broad SMARTS) is 3. The molecule has 9 N–H and O–H groups in total. The van der Waals surface area contributed by atoms with Gasteiger partial charge < -0.3 is 42.3 Å². The number of hydrogen-bond acceptors (Lipinski definition) is 8. The quantitative estimate of drug-likeness (QED) is 0.120. The predicted octanol–water partition coefficient (Wildman–Crippen LogP) is -4.04. The Hall–Kier alpha value is -3.75. The first-order valence-corrected chi connectivity index (χ1v) is 8.95. The second-order valence-corrected chi connectivity index (χ2v) is 6.14. The molecule has 0 bridgehead atoms. The molecule has 0 aromatic heterocycles. The lowest BCUT2D eigenvalue weighted by Crippen LogP contribution is -2.53. The number of carbonyl (C=O) groups excluding carboxylic acids is 4. The topological polar surface area (TPSA) is 254 Å². The van der Waals surface area contributed by atoms with Crippen molar-refractivity contribution in [2.75, 3.05) is 19.6 Å². The highest BCUT2D eigenvalue weighted by atomic mass is 16.4. The van der Waals surface area contributed by atoms with Crippen molar-refractivity contribution in [2.24, 2.45) is 5.73 Å². The molecule has 0 spiro atoms. The lowest BCUT2D eigenvalue weighted by Gasteiger charge is -2.19. The first-order valence-electron chi connectivity index (χ1n) is 8.95. The van der Waals surface area contributed by atoms with Crippen molar-refractivity contribution in [1.29, 1.82) is 0 Å². The standard InChI is InChI=1S/C16H25N5O10/c17-5-10(22)20-8(1-3-12(24)25)15(30)18-6-11(23)21-9(2-4-13(26)27)16(31)19-7-14(28)29/h8-9H,1-7,17H2,(H,18,30)(H,19,31)(H,20,22)(H,21,23)(H,24,25)(H,26,27)(H,28,29)/t8-,9-/m0/s1. The van der Waals surface area contributed by atoms with Crippen LogP contribution in [0.5, 0.6) is 0 Å². The van der Waals surface area contributed by atoms with Gasteiger partial charge in [0.2, 0.25) is 23.6 Å². The van der Waals surface area contributed by atoms with E-state index >= 15 is 0 Å². The fourth-order valence-corrected chi connectivity index (χ4v) is 2.15. The summed E-state index contributed by atoms with van der Waals surface area (Å²) < 4.78 is 0. The molecule has 0 radical (unpaired) electrons. The molecule has 0 fully saturated rings. The smallest absolute Gasteiger partial charge is 0.322 e. The third-order valence-corrected chi connectivity index (χ3v) is 3.62. The minimum absolute atomic E-state index is 0.270. The monoisotopic (exact) mass is 447 g/mol. The van der Waals surface area contributed by atoms with Crippen molar-refractivity contribution in [2.45, 2.75) is 37.8 Å². The van der Waals surface area contributed by atoms with Gasteiger partial charge in [0.15, 0.2) is 0 Å². The summed E-state index contributed by atoms with van der Waals surface area (Å²) in [5, 5.41) is 34.6. The normalized spacial score (nSPS) is 12.0. The zero-order valence-electron chi connectivity index (χ0n) is 16.4. The zero-order valence-corrected chi connectivity index (χ0v) is 16.4. The average molecular weight is 447 g/mol. The Balaban J connectivity index is 4.91. The molecule has 0 aliphatic carbocycles. The van der Waals surface area contributed by atoms with E-state index in [1.54, 1.807) is 0 Å². The van der Waals surface area contributed by atoms with Crippen molar-refractivity contribution < 1.29 is 48.9 Å². The number of amides is 4. The first kappa shape index (κ1) is 27.2. The van der Waals surface area contributed by atoms with Gasteiger partial charge >= 0.3 is 17.9 Å². The molecule has 2 atom stereocenters. The summed E-state index contributed by atoms with van der Waals surface area (Å²) in [5.41, 5.74) is 5.13. The number of nitrogens with two attached hydrogens (primary N) is 1. The van der Waals surface area contributed by atoms with Crippen LogP contribution < -0.4 is 27.0 Å². The Morgan fingerprint density at radius 1 is 0.645 bits per heavy atom. The molecule has 4 amide bonds. The fourth-order valence-electron chi connectivity index (χ4n) is 2.15. The molecule has 0 rings (SSSR count). The van der Waals surface area contributed by atoms with Crippen molar-refractivity contribution in [3.05, 3.63) is 0 Å². The summed E-state index contributed by atoms with van der Waals surface area (Å²) in [4.78, 5) is 79.5. The van der Waals surface area contributed by atoms with E-state index in [-0.39, 0.29) is 12.8 Å². The summed E-state index contributed by atoms with van der Waals surface area (Å²) in [6, 6.07) is -2.65. The van der Waals surface area contributed by atoms with Crippen LogP contribution in [0.2, 0.25) is 0 Å². The lowest BCUT2D eigenvalue weighted by atomic mass is 10.1. The maximum absolute atomic E-state index is 12.2. The van der Waals surface area contributed by atoms with Gasteiger partial charge in [-0.3, -0.25) is 33.6 Å². The number of rotatable bonds is 15. The number of aliphatic carboxylic acids is 3. The van der Waals surface area contributed by atoms with Gasteiger partial charge in [-0.05, 0) is 12.8 Å². The number of hydrogen-bond donors (Lipinski definition) is 8. The van der Waals surface area contributed by atoms with Crippen LogP contribution in [0.25, 0.3) is 0 Å². The van der Waals surface area contributed by atoms with Crippen LogP contribution in [0.3, 0.4) is 0 Å². The minimum atomic E-state index is -1.38. The molecule has 0 saturated carbocycles. The highest BCUT2D eigenvalue weighted by molar-refractivity contribution is 5.93. The third-order valence-electron chi connectivity index (χ3n) is 3.62. The molecular weight excluding hydrogens is 422 g/mol. The largest absolute Gasteiger partial charge is 0.481 e. The van der Waals surface area contributed by atoms with E-state index in [0.29, 0.717) is 0 Å². The van der Waals surface area contributed by atoms with E-state index < -0.39 is 86.1 Å². The molecule has 0 saturated heterocycles. The summed E-state index contributed by atoms with van der Waals surface area (Å²) in [7, 11) is 0. The van der Waals surface area contributed by atoms with Gasteiger partial charge in [0.25, 0.3) is 0 Å². The summed E-state index contributed by atoms with van der Waals surface area (Å²) in [6.07, 6.45) is -1.56. The highest BCUT2D eigenvalue weighted by Gasteiger charge is 2.24. The van der Waals surface area contributed by atoms with Gasteiger partial charge in [-0.1, -0.05) is 0 Å². The van der Waals surface area contributed by atoms with Crippen molar-refractivity contribution in [1.82, 2.24) is 21.3 Å². The third kappa shape index (κ3) is 13.2. The van der Waals surface area contributed by atoms with Crippen molar-refractivity contribution in [3.8, 4) is 0 Å². The SMILES string of the molecule is NCC(=O)N[C@@H](CCC(=O)O)C(=O)NCC(=O)N[C@@H](CCC(=O)O)C(=O)NCC(=O)O. The van der Waals surface area contributed by atoms with Gasteiger partial charge in [-0.15, -0.1) is 0 Å². The Kier molecular flexibility index (Phi) is 12.5. The number of carboxylic acids is 3. The van der Waals surface area contributed by atoms with Gasteiger partial charge in [0.05, 0.1) is 13.1 Å². The van der Waals surface area contributed by atoms with E-state index in [1.807, 2.05) is 5.32 Å². The van der Waals surface area contributed by atoms with Crippen LogP contribution in [0.1, 0.15) is 25.7 Å². The highest BCUT2D eigenvalue weighted by Crippen LogP contribution is 2.00. The molecule has 0 heterocycles. The maximum Gasteiger partial charge on any atom is 0.322 e. The van der Waals surface area contributed by atoms with Gasteiger partial charge in [-0.2, -0.15) is 0 Å². The fraction of sp³-hybridized carbons (Fsp3) is 0.562. The van der Waals surface area contributed by atoms with Crippen LogP contribution in [-0.4, -0.2) is 88.6 Å². The van der Waals surface area contributed by atoms with E-state index in [9.17, 15) is 33.6 Å². The number of carbonyl (C=O) groups is 7. The molecule has 15 heteroatoms.